The average molecular weight is 625 g/mol. The minimum Gasteiger partial charge on any atom is -0.453 e. The first-order chi connectivity index (χ1) is 20.5. The molecule has 0 saturated carbocycles. The van der Waals surface area contributed by atoms with Crippen LogP contribution in [0.25, 0.3) is 0 Å². The Morgan fingerprint density at radius 3 is 2.65 bits per heavy atom. The highest BCUT2D eigenvalue weighted by Crippen LogP contribution is 2.34. The second-order valence-corrected chi connectivity index (χ2v) is 12.8. The molecule has 11 nitrogen and oxygen atoms in total. The Labute approximate surface area is 260 Å². The largest absolute Gasteiger partial charge is 0.453 e. The van der Waals surface area contributed by atoms with E-state index in [1.165, 1.54) is 7.11 Å². The van der Waals surface area contributed by atoms with Gasteiger partial charge < -0.3 is 39.4 Å². The van der Waals surface area contributed by atoms with Crippen LogP contribution in [0.4, 0.5) is 14.4 Å². The summed E-state index contributed by atoms with van der Waals surface area (Å²) in [7, 11) is 3.04. The van der Waals surface area contributed by atoms with Crippen LogP contribution in [0, 0.1) is 11.8 Å². The zero-order chi connectivity index (χ0) is 31.4. The fourth-order valence-corrected chi connectivity index (χ4v) is 5.80. The molecule has 2 saturated heterocycles. The molecule has 0 radical (unpaired) electrons. The van der Waals surface area contributed by atoms with Gasteiger partial charge >= 0.3 is 18.2 Å². The number of piperidine rings is 1. The number of carbonyl (C=O) groups excluding carboxylic acids is 3. The molecule has 12 heteroatoms. The molecule has 1 aromatic rings. The minimum absolute atomic E-state index is 0.0238. The van der Waals surface area contributed by atoms with E-state index in [0.29, 0.717) is 50.1 Å². The van der Waals surface area contributed by atoms with Crippen LogP contribution >= 0.6 is 11.6 Å². The minimum atomic E-state index is -0.618. The van der Waals surface area contributed by atoms with Crippen molar-refractivity contribution in [2.75, 3.05) is 60.2 Å². The van der Waals surface area contributed by atoms with Gasteiger partial charge in [-0.25, -0.2) is 14.4 Å². The molecule has 2 unspecified atom stereocenters. The predicted molar refractivity (Wildman–Crippen MR) is 164 cm³/mol. The van der Waals surface area contributed by atoms with Gasteiger partial charge in [-0.1, -0.05) is 23.7 Å². The number of nitrogens with zero attached hydrogens (tertiary/aromatic N) is 2. The molecule has 242 valence electrons. The van der Waals surface area contributed by atoms with Gasteiger partial charge in [-0.3, -0.25) is 0 Å². The highest BCUT2D eigenvalue weighted by Gasteiger charge is 2.33. The quantitative estimate of drug-likeness (QED) is 0.324. The third-order valence-electron chi connectivity index (χ3n) is 7.78. The van der Waals surface area contributed by atoms with Crippen LogP contribution in [0.1, 0.15) is 64.5 Å². The van der Waals surface area contributed by atoms with E-state index in [1.54, 1.807) is 11.9 Å². The summed E-state index contributed by atoms with van der Waals surface area (Å²) < 4.78 is 22.2. The third-order valence-corrected chi connectivity index (χ3v) is 8.02. The number of halogens is 1. The molecule has 0 bridgehead atoms. The molecule has 2 fully saturated rings. The number of nitrogens with one attached hydrogen (secondary N) is 2. The maximum Gasteiger partial charge on any atom is 0.410 e. The van der Waals surface area contributed by atoms with Crippen molar-refractivity contribution in [1.82, 2.24) is 20.4 Å². The van der Waals surface area contributed by atoms with Gasteiger partial charge in [0.25, 0.3) is 0 Å². The van der Waals surface area contributed by atoms with Crippen LogP contribution in [-0.4, -0.2) is 99.8 Å². The van der Waals surface area contributed by atoms with Crippen LogP contribution in [0.5, 0.6) is 0 Å². The summed E-state index contributed by atoms with van der Waals surface area (Å²) in [5.74, 6) is 0.333. The topological polar surface area (TPSA) is 119 Å². The number of methoxy groups -OCH3 is 1. The van der Waals surface area contributed by atoms with E-state index in [-0.39, 0.29) is 30.7 Å². The number of benzene rings is 1. The number of alkyl carbamates (subject to hydrolysis) is 1. The first-order valence-corrected chi connectivity index (χ1v) is 15.6. The Balaban J connectivity index is 1.65. The van der Waals surface area contributed by atoms with Gasteiger partial charge in [-0.2, -0.15) is 0 Å². The van der Waals surface area contributed by atoms with E-state index in [0.717, 1.165) is 37.9 Å². The van der Waals surface area contributed by atoms with E-state index in [1.807, 2.05) is 49.9 Å². The number of hydrogen-bond donors (Lipinski definition) is 2. The molecule has 3 rings (SSSR count). The standard InChI is InChI=1S/C31H49ClN4O7/c1-31(2,3)43-30(39)35(4)26(17-22-9-8-15-41-21-22)19-34-28(37)36-14-7-11-24(20-36)27(23-10-6-12-25(32)18-23)42-16-13-33-29(38)40-5/h6,10,12,18,22,24,26-27H,7-9,11,13-17,19-21H2,1-5H3,(H,33,38)(H,34,37)/t22-,24?,26-,27?/m1/s1. The van der Waals surface area contributed by atoms with Crippen molar-refractivity contribution in [2.45, 2.75) is 70.6 Å². The first kappa shape index (κ1) is 34.7. The van der Waals surface area contributed by atoms with Crippen molar-refractivity contribution in [2.24, 2.45) is 11.8 Å². The molecule has 0 aliphatic carbocycles. The van der Waals surface area contributed by atoms with Crippen LogP contribution in [-0.2, 0) is 18.9 Å². The van der Waals surface area contributed by atoms with E-state index in [9.17, 15) is 14.4 Å². The lowest BCUT2D eigenvalue weighted by atomic mass is 9.88. The van der Waals surface area contributed by atoms with E-state index in [4.69, 9.17) is 25.8 Å². The normalized spacial score (nSPS) is 20.5. The summed E-state index contributed by atoms with van der Waals surface area (Å²) in [5.41, 5.74) is 0.305. The van der Waals surface area contributed by atoms with Crippen LogP contribution in [0.15, 0.2) is 24.3 Å². The number of amides is 4. The van der Waals surface area contributed by atoms with Crippen molar-refractivity contribution in [1.29, 1.82) is 0 Å². The zero-order valence-electron chi connectivity index (χ0n) is 26.2. The molecule has 2 N–H and O–H groups in total. The Kier molecular flexibility index (Phi) is 13.7. The van der Waals surface area contributed by atoms with Gasteiger partial charge in [-0.05, 0) is 76.5 Å². The van der Waals surface area contributed by atoms with Crippen molar-refractivity contribution >= 4 is 29.8 Å². The van der Waals surface area contributed by atoms with Crippen molar-refractivity contribution in [3.8, 4) is 0 Å². The van der Waals surface area contributed by atoms with E-state index >= 15 is 0 Å². The van der Waals surface area contributed by atoms with Gasteiger partial charge in [0.2, 0.25) is 0 Å². The van der Waals surface area contributed by atoms with Gasteiger partial charge in [0.05, 0.1) is 25.9 Å². The van der Waals surface area contributed by atoms with Crippen LogP contribution in [0.2, 0.25) is 5.02 Å². The number of likely N-dealkylation sites (tertiary alicyclic amines) is 1. The Hall–Kier alpha value is -2.76. The molecular formula is C31H49ClN4O7. The maximum absolute atomic E-state index is 13.5. The fraction of sp³-hybridized carbons (Fsp3) is 0.710. The summed E-state index contributed by atoms with van der Waals surface area (Å²) in [6.45, 7) is 8.93. The summed E-state index contributed by atoms with van der Waals surface area (Å²) in [6, 6.07) is 7.12. The number of hydrogen-bond acceptors (Lipinski definition) is 7. The summed E-state index contributed by atoms with van der Waals surface area (Å²) in [5, 5.41) is 6.33. The Morgan fingerprint density at radius 1 is 1.19 bits per heavy atom. The average Bonchev–Trinajstić information content (AvgIpc) is 2.98. The number of likely N-dealkylation sites (N-methyl/N-ethyl adjacent to an activating group) is 1. The lowest BCUT2D eigenvalue weighted by Gasteiger charge is -2.38. The van der Waals surface area contributed by atoms with Crippen LogP contribution in [0.3, 0.4) is 0 Å². The summed E-state index contributed by atoms with van der Waals surface area (Å²) in [6.07, 6.45) is 3.18. The van der Waals surface area contributed by atoms with Crippen molar-refractivity contribution < 1.29 is 33.3 Å². The lowest BCUT2D eigenvalue weighted by molar-refractivity contribution is -0.00878. The smallest absolute Gasteiger partial charge is 0.410 e. The molecule has 0 spiro atoms. The monoisotopic (exact) mass is 624 g/mol. The number of urea groups is 1. The Morgan fingerprint density at radius 2 is 1.98 bits per heavy atom. The molecule has 2 aliphatic heterocycles. The highest BCUT2D eigenvalue weighted by atomic mass is 35.5. The number of carbonyl (C=O) groups is 3. The van der Waals surface area contributed by atoms with Gasteiger partial charge in [0, 0.05) is 57.4 Å². The SMILES string of the molecule is COC(=O)NCCOC(c1cccc(Cl)c1)C1CCCN(C(=O)NC[C@@H](C[C@H]2CCCOC2)N(C)C(=O)OC(C)(C)C)C1. The fourth-order valence-electron chi connectivity index (χ4n) is 5.60. The molecule has 2 aliphatic rings. The van der Waals surface area contributed by atoms with Gasteiger partial charge in [0.1, 0.15) is 5.60 Å². The van der Waals surface area contributed by atoms with E-state index < -0.39 is 17.8 Å². The Bertz CT molecular complexity index is 1050. The second-order valence-electron chi connectivity index (χ2n) is 12.4. The van der Waals surface area contributed by atoms with Crippen LogP contribution < -0.4 is 10.6 Å². The molecule has 2 heterocycles. The predicted octanol–water partition coefficient (Wildman–Crippen LogP) is 5.23. The lowest BCUT2D eigenvalue weighted by Crippen LogP contribution is -2.52. The first-order valence-electron chi connectivity index (χ1n) is 15.2. The molecule has 0 aromatic heterocycles. The van der Waals surface area contributed by atoms with Gasteiger partial charge in [0.15, 0.2) is 0 Å². The third kappa shape index (κ3) is 11.7. The molecule has 4 amide bonds. The summed E-state index contributed by atoms with van der Waals surface area (Å²) in [4.78, 5) is 41.3. The molecule has 43 heavy (non-hydrogen) atoms. The maximum atomic E-state index is 13.5. The zero-order valence-corrected chi connectivity index (χ0v) is 27.0. The number of rotatable bonds is 11. The molecule has 1 aromatic carbocycles. The van der Waals surface area contributed by atoms with Crippen molar-refractivity contribution in [3.05, 3.63) is 34.9 Å². The second kappa shape index (κ2) is 16.9. The molecular weight excluding hydrogens is 576 g/mol. The van der Waals surface area contributed by atoms with Crippen molar-refractivity contribution in [3.63, 3.8) is 0 Å². The summed E-state index contributed by atoms with van der Waals surface area (Å²) >= 11 is 6.30. The molecule has 4 atom stereocenters. The van der Waals surface area contributed by atoms with Gasteiger partial charge in [-0.15, -0.1) is 0 Å². The number of ether oxygens (including phenoxy) is 4. The van der Waals surface area contributed by atoms with E-state index in [2.05, 4.69) is 15.4 Å². The highest BCUT2D eigenvalue weighted by molar-refractivity contribution is 6.30.